The van der Waals surface area contributed by atoms with Gasteiger partial charge in [-0.05, 0) is 65.6 Å². The second-order valence-electron chi connectivity index (χ2n) is 5.25. The van der Waals surface area contributed by atoms with Crippen molar-refractivity contribution in [1.82, 2.24) is 5.32 Å². The number of alkyl carbamates (subject to hydrolysis) is 1. The fourth-order valence-corrected chi connectivity index (χ4v) is 3.19. The molecule has 0 fully saturated rings. The molecule has 1 heterocycles. The van der Waals surface area contributed by atoms with Crippen LogP contribution in [0, 0.1) is 11.3 Å². The molecule has 132 valence electrons. The van der Waals surface area contributed by atoms with Gasteiger partial charge in [-0.25, -0.2) is 4.79 Å². The van der Waals surface area contributed by atoms with Crippen molar-refractivity contribution in [2.45, 2.75) is 26.2 Å². The number of hydrogen-bond acceptors (Lipinski definition) is 5. The summed E-state index contributed by atoms with van der Waals surface area (Å²) in [5, 5.41) is 14.4. The molecule has 0 radical (unpaired) electrons. The van der Waals surface area contributed by atoms with Gasteiger partial charge in [-0.1, -0.05) is 0 Å². The SMILES string of the molecule is CCOC(=O)NC(=S)Nc1cc2c(cc1Br)CCCC(=O)N2CC#N. The highest BCUT2D eigenvalue weighted by molar-refractivity contribution is 9.10. The van der Waals surface area contributed by atoms with Gasteiger partial charge in [0.2, 0.25) is 5.91 Å². The third-order valence-corrected chi connectivity index (χ3v) is 4.43. The van der Waals surface area contributed by atoms with Gasteiger partial charge in [0.25, 0.3) is 0 Å². The number of rotatable bonds is 3. The van der Waals surface area contributed by atoms with Crippen molar-refractivity contribution in [1.29, 1.82) is 5.26 Å². The van der Waals surface area contributed by atoms with Gasteiger partial charge in [0.1, 0.15) is 6.54 Å². The number of nitrogens with one attached hydrogen (secondary N) is 2. The van der Waals surface area contributed by atoms with E-state index in [1.807, 2.05) is 12.1 Å². The first-order valence-corrected chi connectivity index (χ1v) is 8.90. The number of nitrogens with zero attached hydrogens (tertiary/aromatic N) is 2. The maximum atomic E-state index is 12.2. The Morgan fingerprint density at radius 1 is 1.48 bits per heavy atom. The molecule has 1 aromatic carbocycles. The summed E-state index contributed by atoms with van der Waals surface area (Å²) in [4.78, 5) is 25.1. The van der Waals surface area contributed by atoms with Crippen LogP contribution in [0.25, 0.3) is 0 Å². The molecular weight excluding hydrogens is 408 g/mol. The number of carbonyl (C=O) groups excluding carboxylic acids is 2. The third-order valence-electron chi connectivity index (χ3n) is 3.56. The number of nitriles is 1. The molecule has 0 aliphatic carbocycles. The smallest absolute Gasteiger partial charge is 0.413 e. The molecule has 9 heteroatoms. The third kappa shape index (κ3) is 4.90. The molecule has 2 amide bonds. The van der Waals surface area contributed by atoms with E-state index in [9.17, 15) is 9.59 Å². The molecule has 2 rings (SSSR count). The number of benzene rings is 1. The summed E-state index contributed by atoms with van der Waals surface area (Å²) in [5.41, 5.74) is 2.23. The summed E-state index contributed by atoms with van der Waals surface area (Å²) >= 11 is 8.56. The fraction of sp³-hybridized carbons (Fsp3) is 0.375. The molecule has 1 aliphatic rings. The van der Waals surface area contributed by atoms with Gasteiger partial charge in [0.15, 0.2) is 5.11 Å². The van der Waals surface area contributed by atoms with Crippen LogP contribution in [-0.2, 0) is 16.0 Å². The van der Waals surface area contributed by atoms with Gasteiger partial charge in [-0.2, -0.15) is 5.26 Å². The van der Waals surface area contributed by atoms with Crippen molar-refractivity contribution in [2.75, 3.05) is 23.4 Å². The first-order chi connectivity index (χ1) is 12.0. The summed E-state index contributed by atoms with van der Waals surface area (Å²) in [6.45, 7) is 1.92. The Morgan fingerprint density at radius 2 is 2.24 bits per heavy atom. The molecular formula is C16H17BrN4O3S. The molecule has 0 spiro atoms. The molecule has 0 saturated heterocycles. The number of thiocarbonyl (C=S) groups is 1. The minimum absolute atomic E-state index is 0.0154. The quantitative estimate of drug-likeness (QED) is 0.571. The number of amides is 2. The molecule has 1 aromatic rings. The van der Waals surface area contributed by atoms with E-state index >= 15 is 0 Å². The summed E-state index contributed by atoms with van der Waals surface area (Å²) in [5.74, 6) is -0.0826. The second-order valence-corrected chi connectivity index (χ2v) is 6.51. The van der Waals surface area contributed by atoms with Crippen LogP contribution >= 0.6 is 28.1 Å². The van der Waals surface area contributed by atoms with Gasteiger partial charge in [0.05, 0.1) is 24.1 Å². The standard InChI is InChI=1S/C16H17BrN4O3S/c1-2-24-16(23)20-15(25)19-12-9-13-10(8-11(12)17)4-3-5-14(22)21(13)7-6-18/h8-9H,2-5,7H2,1H3,(H2,19,20,23,25). The van der Waals surface area contributed by atoms with E-state index in [0.717, 1.165) is 22.9 Å². The molecule has 0 saturated carbocycles. The zero-order valence-corrected chi connectivity index (χ0v) is 16.0. The van der Waals surface area contributed by atoms with Crippen LogP contribution in [0.3, 0.4) is 0 Å². The highest BCUT2D eigenvalue weighted by Crippen LogP contribution is 2.35. The first kappa shape index (κ1) is 19.1. The monoisotopic (exact) mass is 424 g/mol. The number of fused-ring (bicyclic) bond motifs is 1. The maximum Gasteiger partial charge on any atom is 0.413 e. The van der Waals surface area contributed by atoms with Crippen LogP contribution in [0.5, 0.6) is 0 Å². The van der Waals surface area contributed by atoms with Crippen molar-refractivity contribution in [2.24, 2.45) is 0 Å². The average Bonchev–Trinajstić information content (AvgIpc) is 2.68. The van der Waals surface area contributed by atoms with Crippen LogP contribution in [0.2, 0.25) is 0 Å². The van der Waals surface area contributed by atoms with Crippen LogP contribution in [-0.4, -0.2) is 30.3 Å². The predicted octanol–water partition coefficient (Wildman–Crippen LogP) is 3.08. The van der Waals surface area contributed by atoms with Gasteiger partial charge >= 0.3 is 6.09 Å². The summed E-state index contributed by atoms with van der Waals surface area (Å²) in [7, 11) is 0. The van der Waals surface area contributed by atoms with E-state index < -0.39 is 6.09 Å². The highest BCUT2D eigenvalue weighted by Gasteiger charge is 2.23. The lowest BCUT2D eigenvalue weighted by molar-refractivity contribution is -0.118. The number of aryl methyl sites for hydroxylation is 1. The number of ether oxygens (including phenoxy) is 1. The van der Waals surface area contributed by atoms with E-state index in [0.29, 0.717) is 17.8 Å². The molecule has 0 atom stereocenters. The predicted molar refractivity (Wildman–Crippen MR) is 101 cm³/mol. The van der Waals surface area contributed by atoms with Crippen LogP contribution in [0.1, 0.15) is 25.3 Å². The average molecular weight is 425 g/mol. The summed E-state index contributed by atoms with van der Waals surface area (Å²) in [6, 6.07) is 5.67. The van der Waals surface area contributed by atoms with Crippen molar-refractivity contribution < 1.29 is 14.3 Å². The largest absolute Gasteiger partial charge is 0.450 e. The Hall–Kier alpha value is -2.18. The van der Waals surface area contributed by atoms with Crippen LogP contribution in [0.4, 0.5) is 16.2 Å². The van der Waals surface area contributed by atoms with E-state index in [-0.39, 0.29) is 24.2 Å². The fourth-order valence-electron chi connectivity index (χ4n) is 2.51. The molecule has 7 nitrogen and oxygen atoms in total. The lowest BCUT2D eigenvalue weighted by Gasteiger charge is -2.22. The number of halogens is 1. The lowest BCUT2D eigenvalue weighted by atomic mass is 10.1. The molecule has 0 unspecified atom stereocenters. The van der Waals surface area contributed by atoms with Crippen molar-refractivity contribution in [3.05, 3.63) is 22.2 Å². The van der Waals surface area contributed by atoms with E-state index in [1.165, 1.54) is 4.90 Å². The van der Waals surface area contributed by atoms with Gasteiger partial charge in [-0.15, -0.1) is 0 Å². The van der Waals surface area contributed by atoms with Crippen LogP contribution < -0.4 is 15.5 Å². The number of hydrogen-bond donors (Lipinski definition) is 2. The zero-order valence-electron chi connectivity index (χ0n) is 13.6. The van der Waals surface area contributed by atoms with E-state index in [4.69, 9.17) is 22.2 Å². The molecule has 2 N–H and O–H groups in total. The molecule has 0 bridgehead atoms. The van der Waals surface area contributed by atoms with Crippen molar-refractivity contribution >= 4 is 56.6 Å². The Kier molecular flexibility index (Phi) is 6.73. The molecule has 25 heavy (non-hydrogen) atoms. The lowest BCUT2D eigenvalue weighted by Crippen LogP contribution is -2.35. The Morgan fingerprint density at radius 3 is 2.92 bits per heavy atom. The topological polar surface area (TPSA) is 94.5 Å². The first-order valence-electron chi connectivity index (χ1n) is 7.70. The van der Waals surface area contributed by atoms with Crippen molar-refractivity contribution in [3.63, 3.8) is 0 Å². The Bertz CT molecular complexity index is 748. The molecule has 0 aromatic heterocycles. The minimum Gasteiger partial charge on any atom is -0.450 e. The zero-order chi connectivity index (χ0) is 18.4. The summed E-state index contributed by atoms with van der Waals surface area (Å²) in [6.07, 6.45) is 1.23. The summed E-state index contributed by atoms with van der Waals surface area (Å²) < 4.78 is 5.51. The normalized spacial score (nSPS) is 13.3. The van der Waals surface area contributed by atoms with Gasteiger partial charge in [0, 0.05) is 10.9 Å². The Labute approximate surface area is 159 Å². The van der Waals surface area contributed by atoms with Gasteiger partial charge in [-0.3, -0.25) is 15.0 Å². The second kappa shape index (κ2) is 8.78. The number of anilines is 2. The minimum atomic E-state index is -0.646. The molecule has 1 aliphatic heterocycles. The highest BCUT2D eigenvalue weighted by atomic mass is 79.9. The van der Waals surface area contributed by atoms with E-state index in [2.05, 4.69) is 26.6 Å². The Balaban J connectivity index is 2.28. The van der Waals surface area contributed by atoms with Crippen molar-refractivity contribution in [3.8, 4) is 6.07 Å². The van der Waals surface area contributed by atoms with Gasteiger partial charge < -0.3 is 10.1 Å². The van der Waals surface area contributed by atoms with E-state index in [1.54, 1.807) is 13.0 Å². The maximum absolute atomic E-state index is 12.2. The number of carbonyl (C=O) groups is 2. The van der Waals surface area contributed by atoms with Crippen LogP contribution in [0.15, 0.2) is 16.6 Å².